The smallest absolute Gasteiger partial charge is 0.241 e. The molecule has 0 bridgehead atoms. The Morgan fingerprint density at radius 2 is 1.69 bits per heavy atom. The number of carbonyl (C=O) groups excluding carboxylic acids is 2. The second kappa shape index (κ2) is 11.3. The number of hydrogen-bond acceptors (Lipinski definition) is 3. The number of anilines is 1. The maximum absolute atomic E-state index is 13.7. The third kappa shape index (κ3) is 6.94. The molecule has 1 unspecified atom stereocenters. The summed E-state index contributed by atoms with van der Waals surface area (Å²) in [7, 11) is 0. The SMILES string of the molecule is CCCN(CC(=O)NCCc1c(F)cccc1F)C(C)C(=O)Nc1ccccc1. The Labute approximate surface area is 170 Å². The molecule has 156 valence electrons. The highest BCUT2D eigenvalue weighted by atomic mass is 19.1. The van der Waals surface area contributed by atoms with Gasteiger partial charge in [0.15, 0.2) is 0 Å². The lowest BCUT2D eigenvalue weighted by Gasteiger charge is -2.27. The molecule has 0 heterocycles. The number of amides is 2. The van der Waals surface area contributed by atoms with E-state index in [1.54, 1.807) is 24.0 Å². The maximum atomic E-state index is 13.7. The number of para-hydroxylation sites is 1. The fraction of sp³-hybridized carbons (Fsp3) is 0.364. The van der Waals surface area contributed by atoms with Crippen LogP contribution in [0.5, 0.6) is 0 Å². The Bertz CT molecular complexity index is 795. The van der Waals surface area contributed by atoms with E-state index in [4.69, 9.17) is 0 Å². The number of halogens is 2. The van der Waals surface area contributed by atoms with Crippen molar-refractivity contribution in [1.29, 1.82) is 0 Å². The van der Waals surface area contributed by atoms with Gasteiger partial charge in [-0.05, 0) is 50.6 Å². The largest absolute Gasteiger partial charge is 0.355 e. The fourth-order valence-corrected chi connectivity index (χ4v) is 2.97. The first-order valence-corrected chi connectivity index (χ1v) is 9.72. The molecule has 0 aliphatic carbocycles. The Balaban J connectivity index is 1.88. The third-order valence-electron chi connectivity index (χ3n) is 4.58. The lowest BCUT2D eigenvalue weighted by atomic mass is 10.1. The van der Waals surface area contributed by atoms with Gasteiger partial charge in [-0.2, -0.15) is 0 Å². The monoisotopic (exact) mass is 403 g/mol. The Morgan fingerprint density at radius 3 is 2.31 bits per heavy atom. The van der Waals surface area contributed by atoms with Crippen molar-refractivity contribution in [2.45, 2.75) is 32.7 Å². The van der Waals surface area contributed by atoms with Crippen LogP contribution in [0.3, 0.4) is 0 Å². The van der Waals surface area contributed by atoms with E-state index in [0.29, 0.717) is 12.2 Å². The van der Waals surface area contributed by atoms with Gasteiger partial charge in [0.2, 0.25) is 11.8 Å². The highest BCUT2D eigenvalue weighted by Gasteiger charge is 2.23. The average molecular weight is 403 g/mol. The molecule has 2 amide bonds. The molecular weight excluding hydrogens is 376 g/mol. The minimum Gasteiger partial charge on any atom is -0.355 e. The van der Waals surface area contributed by atoms with Gasteiger partial charge in [0.1, 0.15) is 11.6 Å². The number of carbonyl (C=O) groups is 2. The minimum atomic E-state index is -0.627. The summed E-state index contributed by atoms with van der Waals surface area (Å²) >= 11 is 0. The normalized spacial score (nSPS) is 11.9. The predicted molar refractivity (Wildman–Crippen MR) is 109 cm³/mol. The highest BCUT2D eigenvalue weighted by molar-refractivity contribution is 5.94. The van der Waals surface area contributed by atoms with E-state index in [9.17, 15) is 18.4 Å². The molecule has 0 fully saturated rings. The molecule has 0 aromatic heterocycles. The van der Waals surface area contributed by atoms with Gasteiger partial charge < -0.3 is 10.6 Å². The van der Waals surface area contributed by atoms with E-state index < -0.39 is 17.7 Å². The summed E-state index contributed by atoms with van der Waals surface area (Å²) in [6, 6.07) is 12.3. The van der Waals surface area contributed by atoms with Gasteiger partial charge in [0.25, 0.3) is 0 Å². The summed E-state index contributed by atoms with van der Waals surface area (Å²) < 4.78 is 27.3. The predicted octanol–water partition coefficient (Wildman–Crippen LogP) is 3.36. The second-order valence-corrected chi connectivity index (χ2v) is 6.80. The van der Waals surface area contributed by atoms with Crippen LogP contribution in [0.1, 0.15) is 25.8 Å². The van der Waals surface area contributed by atoms with Crippen molar-refractivity contribution in [3.05, 3.63) is 65.7 Å². The van der Waals surface area contributed by atoms with Gasteiger partial charge in [0, 0.05) is 17.8 Å². The van der Waals surface area contributed by atoms with Crippen LogP contribution in [0.4, 0.5) is 14.5 Å². The summed E-state index contributed by atoms with van der Waals surface area (Å²) in [5.41, 5.74) is 0.644. The van der Waals surface area contributed by atoms with E-state index in [-0.39, 0.29) is 36.9 Å². The number of benzene rings is 2. The Hall–Kier alpha value is -2.80. The lowest BCUT2D eigenvalue weighted by Crippen LogP contribution is -2.47. The molecule has 0 spiro atoms. The van der Waals surface area contributed by atoms with Gasteiger partial charge >= 0.3 is 0 Å². The molecular formula is C22H27F2N3O2. The van der Waals surface area contributed by atoms with Crippen LogP contribution in [0.15, 0.2) is 48.5 Å². The van der Waals surface area contributed by atoms with Gasteiger partial charge in [0.05, 0.1) is 12.6 Å². The van der Waals surface area contributed by atoms with E-state index in [2.05, 4.69) is 10.6 Å². The van der Waals surface area contributed by atoms with E-state index in [1.165, 1.54) is 18.2 Å². The summed E-state index contributed by atoms with van der Waals surface area (Å²) in [4.78, 5) is 26.6. The zero-order valence-electron chi connectivity index (χ0n) is 16.8. The highest BCUT2D eigenvalue weighted by Crippen LogP contribution is 2.12. The number of hydrogen-bond donors (Lipinski definition) is 2. The summed E-state index contributed by atoms with van der Waals surface area (Å²) in [5.74, 6) is -1.75. The molecule has 0 saturated carbocycles. The van der Waals surface area contributed by atoms with Crippen molar-refractivity contribution >= 4 is 17.5 Å². The van der Waals surface area contributed by atoms with Crippen LogP contribution >= 0.6 is 0 Å². The average Bonchev–Trinajstić information content (AvgIpc) is 2.70. The molecule has 0 radical (unpaired) electrons. The quantitative estimate of drug-likeness (QED) is 0.640. The van der Waals surface area contributed by atoms with Crippen LogP contribution in [-0.2, 0) is 16.0 Å². The summed E-state index contributed by atoms with van der Waals surface area (Å²) in [6.07, 6.45) is 0.832. The first-order chi connectivity index (χ1) is 13.9. The van der Waals surface area contributed by atoms with Gasteiger partial charge in [-0.15, -0.1) is 0 Å². The van der Waals surface area contributed by atoms with Crippen molar-refractivity contribution in [2.75, 3.05) is 25.0 Å². The van der Waals surface area contributed by atoms with Crippen molar-refractivity contribution in [2.24, 2.45) is 0 Å². The van der Waals surface area contributed by atoms with Crippen LogP contribution in [0.2, 0.25) is 0 Å². The van der Waals surface area contributed by atoms with E-state index >= 15 is 0 Å². The summed E-state index contributed by atoms with van der Waals surface area (Å²) in [6.45, 7) is 4.42. The first kappa shape index (κ1) is 22.5. The summed E-state index contributed by atoms with van der Waals surface area (Å²) in [5, 5.41) is 5.51. The third-order valence-corrected chi connectivity index (χ3v) is 4.58. The lowest BCUT2D eigenvalue weighted by molar-refractivity contribution is -0.125. The molecule has 0 aliphatic rings. The number of nitrogens with one attached hydrogen (secondary N) is 2. The topological polar surface area (TPSA) is 61.4 Å². The Morgan fingerprint density at radius 1 is 1.03 bits per heavy atom. The van der Waals surface area contributed by atoms with Crippen LogP contribution in [0.25, 0.3) is 0 Å². The van der Waals surface area contributed by atoms with Crippen LogP contribution < -0.4 is 10.6 Å². The molecule has 29 heavy (non-hydrogen) atoms. The van der Waals surface area contributed by atoms with E-state index in [1.807, 2.05) is 25.1 Å². The van der Waals surface area contributed by atoms with Crippen molar-refractivity contribution in [3.63, 3.8) is 0 Å². The fourth-order valence-electron chi connectivity index (χ4n) is 2.97. The van der Waals surface area contributed by atoms with Crippen molar-refractivity contribution in [3.8, 4) is 0 Å². The second-order valence-electron chi connectivity index (χ2n) is 6.80. The molecule has 2 aromatic carbocycles. The Kier molecular flexibility index (Phi) is 8.73. The molecule has 2 N–H and O–H groups in total. The standard InChI is InChI=1S/C22H27F2N3O2/c1-3-14-27(16(2)22(29)26-17-8-5-4-6-9-17)15-21(28)25-13-12-18-19(23)10-7-11-20(18)24/h4-11,16H,3,12-15H2,1-2H3,(H,25,28)(H,26,29). The van der Waals surface area contributed by atoms with Gasteiger partial charge in [-0.3, -0.25) is 14.5 Å². The molecule has 0 saturated heterocycles. The molecule has 7 heteroatoms. The molecule has 0 aliphatic heterocycles. The zero-order valence-corrected chi connectivity index (χ0v) is 16.8. The molecule has 5 nitrogen and oxygen atoms in total. The van der Waals surface area contributed by atoms with Crippen LogP contribution in [0, 0.1) is 11.6 Å². The number of nitrogens with zero attached hydrogens (tertiary/aromatic N) is 1. The molecule has 2 aromatic rings. The maximum Gasteiger partial charge on any atom is 0.241 e. The van der Waals surface area contributed by atoms with Gasteiger partial charge in [-0.25, -0.2) is 8.78 Å². The minimum absolute atomic E-state index is 0.0248. The van der Waals surface area contributed by atoms with Gasteiger partial charge in [-0.1, -0.05) is 31.2 Å². The zero-order chi connectivity index (χ0) is 21.2. The molecule has 2 rings (SSSR count). The van der Waals surface area contributed by atoms with Crippen LogP contribution in [-0.4, -0.2) is 42.4 Å². The van der Waals surface area contributed by atoms with Crippen molar-refractivity contribution in [1.82, 2.24) is 10.2 Å². The first-order valence-electron chi connectivity index (χ1n) is 9.72. The molecule has 1 atom stereocenters. The van der Waals surface area contributed by atoms with E-state index in [0.717, 1.165) is 6.42 Å². The number of rotatable bonds is 10. The van der Waals surface area contributed by atoms with Crippen molar-refractivity contribution < 1.29 is 18.4 Å².